The van der Waals surface area contributed by atoms with Gasteiger partial charge in [-0.15, -0.1) is 10.2 Å². The molecule has 0 aliphatic carbocycles. The Morgan fingerprint density at radius 2 is 1.83 bits per heavy atom. The fourth-order valence-electron chi connectivity index (χ4n) is 3.55. The third-order valence-electron chi connectivity index (χ3n) is 5.27. The van der Waals surface area contributed by atoms with Crippen LogP contribution in [0.3, 0.4) is 0 Å². The Morgan fingerprint density at radius 1 is 1.14 bits per heavy atom. The van der Waals surface area contributed by atoms with E-state index in [-0.39, 0.29) is 56.7 Å². The van der Waals surface area contributed by atoms with Crippen LogP contribution in [0.15, 0.2) is 17.2 Å². The number of amides is 2. The van der Waals surface area contributed by atoms with E-state index in [2.05, 4.69) is 15.5 Å². The summed E-state index contributed by atoms with van der Waals surface area (Å²) in [7, 11) is -3.96. The first-order valence-corrected chi connectivity index (χ1v) is 12.5. The van der Waals surface area contributed by atoms with Gasteiger partial charge in [-0.2, -0.15) is 4.31 Å². The van der Waals surface area contributed by atoms with E-state index in [1.54, 1.807) is 20.8 Å². The Morgan fingerprint density at radius 3 is 2.40 bits per heavy atom. The number of nitrogens with one attached hydrogen (secondary N) is 1. The molecule has 3 heterocycles. The van der Waals surface area contributed by atoms with Crippen LogP contribution in [-0.2, 0) is 29.1 Å². The van der Waals surface area contributed by atoms with E-state index in [0.717, 1.165) is 0 Å². The molecule has 15 heteroatoms. The smallest absolute Gasteiger partial charge is 0.410 e. The number of piperazine rings is 1. The van der Waals surface area contributed by atoms with E-state index in [0.29, 0.717) is 6.61 Å². The summed E-state index contributed by atoms with van der Waals surface area (Å²) < 4.78 is 37.7. The summed E-state index contributed by atoms with van der Waals surface area (Å²) in [6.07, 6.45) is -0.500. The van der Waals surface area contributed by atoms with Gasteiger partial charge in [0, 0.05) is 32.7 Å². The van der Waals surface area contributed by atoms with Crippen molar-refractivity contribution in [2.75, 3.05) is 57.8 Å². The predicted molar refractivity (Wildman–Crippen MR) is 121 cm³/mol. The van der Waals surface area contributed by atoms with E-state index in [9.17, 15) is 22.8 Å². The van der Waals surface area contributed by atoms with Gasteiger partial charge in [0.2, 0.25) is 5.91 Å². The molecule has 35 heavy (non-hydrogen) atoms. The van der Waals surface area contributed by atoms with Gasteiger partial charge < -0.3 is 24.8 Å². The lowest BCUT2D eigenvalue weighted by atomic mass is 10.2. The average molecular weight is 515 g/mol. The van der Waals surface area contributed by atoms with Crippen LogP contribution in [0.25, 0.3) is 0 Å². The minimum Gasteiger partial charge on any atom is -0.480 e. The number of anilines is 1. The maximum Gasteiger partial charge on any atom is 0.410 e. The molecule has 2 fully saturated rings. The molecule has 0 aromatic carbocycles. The molecule has 1 aromatic heterocycles. The minimum absolute atomic E-state index is 0.0181. The first-order valence-electron chi connectivity index (χ1n) is 11.0. The minimum atomic E-state index is -3.96. The monoisotopic (exact) mass is 514 g/mol. The summed E-state index contributed by atoms with van der Waals surface area (Å²) in [4.78, 5) is 38.8. The van der Waals surface area contributed by atoms with Gasteiger partial charge in [0.05, 0.1) is 19.8 Å². The SMILES string of the molecule is CC(C)(C)OC(=O)N1CCN(S(=O)(=O)c2ccc(NC(=O)[C@@H]3COCCN3CC(=O)O)nn2)CC1. The molecule has 2 saturated heterocycles. The molecule has 0 bridgehead atoms. The van der Waals surface area contributed by atoms with E-state index >= 15 is 0 Å². The Hall–Kier alpha value is -2.88. The topological polar surface area (TPSA) is 172 Å². The largest absolute Gasteiger partial charge is 0.480 e. The molecule has 3 rings (SSSR count). The van der Waals surface area contributed by atoms with Gasteiger partial charge in [-0.25, -0.2) is 13.2 Å². The standard InChI is InChI=1S/C20H30N6O8S/c1-20(2,3)34-19(30)24-6-8-26(9-7-24)35(31,32)16-5-4-15(22-23-16)21-18(29)14-13-33-11-10-25(14)12-17(27)28/h4-5,14H,6-13H2,1-3H3,(H,27,28)(H,21,22,29)/t14-/m0/s1. The zero-order valence-electron chi connectivity index (χ0n) is 19.8. The number of rotatable bonds is 6. The van der Waals surface area contributed by atoms with Crippen LogP contribution < -0.4 is 5.32 Å². The third kappa shape index (κ3) is 7.06. The number of carbonyl (C=O) groups is 3. The van der Waals surface area contributed by atoms with Gasteiger partial charge in [-0.05, 0) is 32.9 Å². The first kappa shape index (κ1) is 26.7. The number of carboxylic acids is 1. The van der Waals surface area contributed by atoms with Crippen molar-refractivity contribution in [2.24, 2.45) is 0 Å². The molecular weight excluding hydrogens is 484 g/mol. The number of carbonyl (C=O) groups excluding carboxylic acids is 2. The number of carboxylic acid groups (broad SMARTS) is 1. The molecule has 0 spiro atoms. The first-order chi connectivity index (χ1) is 16.4. The highest BCUT2D eigenvalue weighted by molar-refractivity contribution is 7.89. The van der Waals surface area contributed by atoms with Gasteiger partial charge in [-0.3, -0.25) is 14.5 Å². The summed E-state index contributed by atoms with van der Waals surface area (Å²) in [5.41, 5.74) is -0.647. The molecule has 14 nitrogen and oxygen atoms in total. The lowest BCUT2D eigenvalue weighted by molar-refractivity contribution is -0.142. The number of hydrogen-bond acceptors (Lipinski definition) is 10. The second kappa shape index (κ2) is 10.8. The van der Waals surface area contributed by atoms with Crippen molar-refractivity contribution in [1.29, 1.82) is 0 Å². The molecule has 2 N–H and O–H groups in total. The van der Waals surface area contributed by atoms with Gasteiger partial charge in [0.1, 0.15) is 11.6 Å². The molecule has 2 aliphatic rings. The third-order valence-corrected chi connectivity index (χ3v) is 7.06. The van der Waals surface area contributed by atoms with Crippen molar-refractivity contribution in [3.63, 3.8) is 0 Å². The van der Waals surface area contributed by atoms with E-state index < -0.39 is 39.6 Å². The summed E-state index contributed by atoms with van der Waals surface area (Å²) in [6, 6.07) is 1.70. The lowest BCUT2D eigenvalue weighted by Gasteiger charge is -2.34. The quantitative estimate of drug-likeness (QED) is 0.498. The highest BCUT2D eigenvalue weighted by Gasteiger charge is 2.34. The molecule has 194 valence electrons. The van der Waals surface area contributed by atoms with E-state index in [1.807, 2.05) is 0 Å². The number of sulfonamides is 1. The van der Waals surface area contributed by atoms with Gasteiger partial charge >= 0.3 is 12.1 Å². The second-order valence-electron chi connectivity index (χ2n) is 9.07. The Labute approximate surface area is 203 Å². The van der Waals surface area contributed by atoms with Crippen LogP contribution in [0.5, 0.6) is 0 Å². The number of hydrogen-bond donors (Lipinski definition) is 2. The number of morpholine rings is 1. The van der Waals surface area contributed by atoms with Crippen molar-refractivity contribution < 1.29 is 37.4 Å². The van der Waals surface area contributed by atoms with Crippen molar-refractivity contribution in [3.8, 4) is 0 Å². The van der Waals surface area contributed by atoms with Crippen molar-refractivity contribution in [3.05, 3.63) is 12.1 Å². The summed E-state index contributed by atoms with van der Waals surface area (Å²) >= 11 is 0. The fraction of sp³-hybridized carbons (Fsp3) is 0.650. The molecule has 1 atom stereocenters. The van der Waals surface area contributed by atoms with Crippen LogP contribution in [0.4, 0.5) is 10.6 Å². The maximum atomic E-state index is 12.9. The van der Waals surface area contributed by atoms with Crippen LogP contribution in [0.1, 0.15) is 20.8 Å². The number of aromatic nitrogens is 2. The van der Waals surface area contributed by atoms with Crippen molar-refractivity contribution in [1.82, 2.24) is 24.3 Å². The number of nitrogens with zero attached hydrogens (tertiary/aromatic N) is 5. The normalized spacial score (nSPS) is 20.3. The van der Waals surface area contributed by atoms with E-state index in [1.165, 1.54) is 26.2 Å². The molecule has 0 unspecified atom stereocenters. The maximum absolute atomic E-state index is 12.9. The Balaban J connectivity index is 1.59. The fourth-order valence-corrected chi connectivity index (χ4v) is 4.84. The molecule has 0 radical (unpaired) electrons. The van der Waals surface area contributed by atoms with Crippen LogP contribution in [-0.4, -0.2) is 120 Å². The highest BCUT2D eigenvalue weighted by Crippen LogP contribution is 2.18. The Bertz CT molecular complexity index is 1030. The van der Waals surface area contributed by atoms with Gasteiger partial charge in [-0.1, -0.05) is 0 Å². The lowest BCUT2D eigenvalue weighted by Crippen LogP contribution is -2.53. The predicted octanol–water partition coefficient (Wildman–Crippen LogP) is -0.558. The molecule has 0 saturated carbocycles. The van der Waals surface area contributed by atoms with Gasteiger partial charge in [0.15, 0.2) is 10.8 Å². The number of ether oxygens (including phenoxy) is 2. The van der Waals surface area contributed by atoms with Crippen LogP contribution in [0.2, 0.25) is 0 Å². The molecule has 2 aliphatic heterocycles. The average Bonchev–Trinajstić information content (AvgIpc) is 2.78. The molecular formula is C20H30N6O8S. The Kier molecular flexibility index (Phi) is 8.25. The van der Waals surface area contributed by atoms with E-state index in [4.69, 9.17) is 14.6 Å². The van der Waals surface area contributed by atoms with Gasteiger partial charge in [0.25, 0.3) is 10.0 Å². The highest BCUT2D eigenvalue weighted by atomic mass is 32.2. The van der Waals surface area contributed by atoms with Crippen LogP contribution in [0, 0.1) is 0 Å². The molecule has 2 amide bonds. The zero-order valence-corrected chi connectivity index (χ0v) is 20.7. The second-order valence-corrected chi connectivity index (χ2v) is 11.0. The zero-order chi connectivity index (χ0) is 25.8. The summed E-state index contributed by atoms with van der Waals surface area (Å²) in [5, 5.41) is 18.8. The molecule has 1 aromatic rings. The summed E-state index contributed by atoms with van der Waals surface area (Å²) in [6.45, 7) is 6.06. The number of aliphatic carboxylic acids is 1. The van der Waals surface area contributed by atoms with Crippen molar-refractivity contribution in [2.45, 2.75) is 37.4 Å². The summed E-state index contributed by atoms with van der Waals surface area (Å²) in [5.74, 6) is -1.58. The van der Waals surface area contributed by atoms with Crippen LogP contribution >= 0.6 is 0 Å². The van der Waals surface area contributed by atoms with Crippen molar-refractivity contribution >= 4 is 33.8 Å².